The lowest BCUT2D eigenvalue weighted by atomic mass is 10.2. The molecule has 1 aliphatic rings. The topological polar surface area (TPSA) is 38.5 Å². The zero-order valence-corrected chi connectivity index (χ0v) is 8.68. The molecule has 3 heteroatoms. The minimum Gasteiger partial charge on any atom is -0.497 e. The highest BCUT2D eigenvalue weighted by atomic mass is 16.5. The second-order valence-corrected chi connectivity index (χ2v) is 3.37. The molecule has 1 aromatic carbocycles. The van der Waals surface area contributed by atoms with E-state index in [2.05, 4.69) is 4.90 Å². The second kappa shape index (κ2) is 4.09. The van der Waals surface area contributed by atoms with Crippen molar-refractivity contribution in [2.75, 3.05) is 24.3 Å². The van der Waals surface area contributed by atoms with E-state index in [4.69, 9.17) is 10.5 Å². The van der Waals surface area contributed by atoms with E-state index in [0.29, 0.717) is 0 Å². The Morgan fingerprint density at radius 2 is 2.00 bits per heavy atom. The van der Waals surface area contributed by atoms with E-state index >= 15 is 0 Å². The number of benzene rings is 1. The summed E-state index contributed by atoms with van der Waals surface area (Å²) in [7, 11) is 1.68. The van der Waals surface area contributed by atoms with Crippen molar-refractivity contribution in [1.82, 2.24) is 0 Å². The van der Waals surface area contributed by atoms with Crippen molar-refractivity contribution < 1.29 is 4.74 Å². The molecule has 0 saturated carbocycles. The molecule has 1 aromatic rings. The fourth-order valence-electron chi connectivity index (χ4n) is 1.49. The first-order valence-corrected chi connectivity index (χ1v) is 4.84. The Balaban J connectivity index is 2.12. The molecule has 3 nitrogen and oxygen atoms in total. The van der Waals surface area contributed by atoms with Crippen molar-refractivity contribution in [1.29, 1.82) is 0 Å². The first kappa shape index (κ1) is 9.65. The van der Waals surface area contributed by atoms with Crippen LogP contribution >= 0.6 is 0 Å². The van der Waals surface area contributed by atoms with Crippen LogP contribution in [0.2, 0.25) is 0 Å². The van der Waals surface area contributed by atoms with Crippen LogP contribution in [0.5, 0.6) is 0 Å². The van der Waals surface area contributed by atoms with Gasteiger partial charge in [0.15, 0.2) is 0 Å². The summed E-state index contributed by atoms with van der Waals surface area (Å²) in [6.07, 6.45) is 5.99. The van der Waals surface area contributed by atoms with Crippen molar-refractivity contribution in [3.63, 3.8) is 0 Å². The number of ether oxygens (including phenoxy) is 1. The summed E-state index contributed by atoms with van der Waals surface area (Å²) in [6.45, 7) is 0.823. The number of nitrogen functional groups attached to an aromatic ring is 1. The van der Waals surface area contributed by atoms with Crippen molar-refractivity contribution in [2.24, 2.45) is 0 Å². The summed E-state index contributed by atoms with van der Waals surface area (Å²) >= 11 is 0. The van der Waals surface area contributed by atoms with Crippen LogP contribution in [0.1, 0.15) is 0 Å². The van der Waals surface area contributed by atoms with E-state index in [1.165, 1.54) is 0 Å². The standard InChI is InChI=1S/C12H14N2O/c1-15-12-6-8-14(9-7-12)11-4-2-10(13)3-5-11/h2-8H,9,13H2,1H3. The van der Waals surface area contributed by atoms with Gasteiger partial charge in [0.2, 0.25) is 0 Å². The number of anilines is 2. The lowest BCUT2D eigenvalue weighted by molar-refractivity contribution is 0.304. The fraction of sp³-hybridized carbons (Fsp3) is 0.167. The highest BCUT2D eigenvalue weighted by Gasteiger charge is 2.06. The van der Waals surface area contributed by atoms with Crippen LogP contribution in [0.4, 0.5) is 11.4 Å². The van der Waals surface area contributed by atoms with Gasteiger partial charge < -0.3 is 15.4 Å². The van der Waals surface area contributed by atoms with Crippen molar-refractivity contribution in [3.05, 3.63) is 48.4 Å². The van der Waals surface area contributed by atoms with Crippen LogP contribution in [-0.4, -0.2) is 13.7 Å². The highest BCUT2D eigenvalue weighted by molar-refractivity contribution is 5.56. The minimum absolute atomic E-state index is 0.785. The Bertz CT molecular complexity index is 393. The molecule has 1 heterocycles. The van der Waals surface area contributed by atoms with E-state index in [1.807, 2.05) is 42.6 Å². The zero-order chi connectivity index (χ0) is 10.7. The van der Waals surface area contributed by atoms with Gasteiger partial charge in [-0.1, -0.05) is 0 Å². The molecule has 0 unspecified atom stereocenters. The van der Waals surface area contributed by atoms with Gasteiger partial charge in [0.05, 0.1) is 7.11 Å². The summed E-state index contributed by atoms with van der Waals surface area (Å²) < 4.78 is 5.12. The van der Waals surface area contributed by atoms with Crippen molar-refractivity contribution in [2.45, 2.75) is 0 Å². The van der Waals surface area contributed by atoms with Crippen LogP contribution in [-0.2, 0) is 4.74 Å². The van der Waals surface area contributed by atoms with E-state index in [-0.39, 0.29) is 0 Å². The molecule has 2 rings (SSSR count). The van der Waals surface area contributed by atoms with Gasteiger partial charge in [-0.15, -0.1) is 0 Å². The maximum atomic E-state index is 5.63. The molecule has 2 N–H and O–H groups in total. The van der Waals surface area contributed by atoms with Gasteiger partial charge in [0.1, 0.15) is 5.76 Å². The predicted octanol–water partition coefficient (Wildman–Crippen LogP) is 2.13. The molecule has 0 amide bonds. The number of hydrogen-bond donors (Lipinski definition) is 1. The van der Waals surface area contributed by atoms with Crippen LogP contribution in [0.3, 0.4) is 0 Å². The van der Waals surface area contributed by atoms with Gasteiger partial charge in [-0.3, -0.25) is 0 Å². The smallest absolute Gasteiger partial charge is 0.118 e. The molecule has 0 aliphatic carbocycles. The van der Waals surface area contributed by atoms with Gasteiger partial charge in [-0.25, -0.2) is 0 Å². The molecule has 0 radical (unpaired) electrons. The van der Waals surface area contributed by atoms with Gasteiger partial charge in [-0.05, 0) is 36.4 Å². The zero-order valence-electron chi connectivity index (χ0n) is 8.68. The molecule has 0 saturated heterocycles. The normalized spacial score (nSPS) is 15.0. The fourth-order valence-corrected chi connectivity index (χ4v) is 1.49. The van der Waals surface area contributed by atoms with E-state index in [9.17, 15) is 0 Å². The van der Waals surface area contributed by atoms with Gasteiger partial charge >= 0.3 is 0 Å². The van der Waals surface area contributed by atoms with Crippen molar-refractivity contribution >= 4 is 11.4 Å². The summed E-state index contributed by atoms with van der Waals surface area (Å²) in [5.41, 5.74) is 7.55. The first-order chi connectivity index (χ1) is 7.29. The largest absolute Gasteiger partial charge is 0.497 e. The van der Waals surface area contributed by atoms with E-state index < -0.39 is 0 Å². The van der Waals surface area contributed by atoms with Crippen molar-refractivity contribution in [3.8, 4) is 0 Å². The molecule has 15 heavy (non-hydrogen) atoms. The highest BCUT2D eigenvalue weighted by Crippen LogP contribution is 2.19. The molecule has 1 aliphatic heterocycles. The average molecular weight is 202 g/mol. The van der Waals surface area contributed by atoms with Crippen LogP contribution in [0.25, 0.3) is 0 Å². The summed E-state index contributed by atoms with van der Waals surface area (Å²) in [5.74, 6) is 0.904. The number of hydrogen-bond acceptors (Lipinski definition) is 3. The number of methoxy groups -OCH3 is 1. The molecule has 0 fully saturated rings. The Hall–Kier alpha value is -1.90. The SMILES string of the molecule is COC1=CCN(c2ccc(N)cc2)C=C1. The summed E-state index contributed by atoms with van der Waals surface area (Å²) in [5, 5.41) is 0. The first-order valence-electron chi connectivity index (χ1n) is 4.84. The summed E-state index contributed by atoms with van der Waals surface area (Å²) in [6, 6.07) is 7.81. The molecule has 0 bridgehead atoms. The lowest BCUT2D eigenvalue weighted by Crippen LogP contribution is -2.18. The molecule has 78 valence electrons. The van der Waals surface area contributed by atoms with Gasteiger partial charge in [0, 0.05) is 24.1 Å². The van der Waals surface area contributed by atoms with Gasteiger partial charge in [0.25, 0.3) is 0 Å². The monoisotopic (exact) mass is 202 g/mol. The number of nitrogens with zero attached hydrogens (tertiary/aromatic N) is 1. The lowest BCUT2D eigenvalue weighted by Gasteiger charge is -2.22. The Morgan fingerprint density at radius 3 is 2.53 bits per heavy atom. The molecular weight excluding hydrogens is 188 g/mol. The second-order valence-electron chi connectivity index (χ2n) is 3.37. The Kier molecular flexibility index (Phi) is 2.63. The van der Waals surface area contributed by atoms with Gasteiger partial charge in [-0.2, -0.15) is 0 Å². The maximum Gasteiger partial charge on any atom is 0.118 e. The third-order valence-electron chi connectivity index (χ3n) is 2.37. The predicted molar refractivity (Wildman–Crippen MR) is 62.4 cm³/mol. The van der Waals surface area contributed by atoms with E-state index in [0.717, 1.165) is 23.7 Å². The van der Waals surface area contributed by atoms with Crippen LogP contribution in [0, 0.1) is 0 Å². The molecule has 0 spiro atoms. The molecule has 0 atom stereocenters. The molecular formula is C12H14N2O. The van der Waals surface area contributed by atoms with Crippen LogP contribution in [0.15, 0.2) is 48.4 Å². The summed E-state index contributed by atoms with van der Waals surface area (Å²) in [4.78, 5) is 2.13. The minimum atomic E-state index is 0.785. The third-order valence-corrected chi connectivity index (χ3v) is 2.37. The quantitative estimate of drug-likeness (QED) is 0.747. The number of nitrogens with two attached hydrogens (primary N) is 1. The average Bonchev–Trinajstić information content (AvgIpc) is 2.30. The molecule has 0 aromatic heterocycles. The van der Waals surface area contributed by atoms with E-state index in [1.54, 1.807) is 7.11 Å². The number of rotatable bonds is 2. The Morgan fingerprint density at radius 1 is 1.27 bits per heavy atom. The van der Waals surface area contributed by atoms with Crippen LogP contribution < -0.4 is 10.6 Å². The number of allylic oxidation sites excluding steroid dienone is 1. The third kappa shape index (κ3) is 2.13. The maximum absolute atomic E-state index is 5.63. The Labute approximate surface area is 89.4 Å².